The monoisotopic (exact) mass is 337 g/mol. The van der Waals surface area contributed by atoms with E-state index in [9.17, 15) is 4.79 Å². The molecule has 1 aliphatic heterocycles. The number of nitrogens with zero attached hydrogens (tertiary/aromatic N) is 2. The highest BCUT2D eigenvalue weighted by Gasteiger charge is 2.17. The van der Waals surface area contributed by atoms with Crippen molar-refractivity contribution in [3.63, 3.8) is 0 Å². The Hall–Kier alpha value is -2.49. The highest BCUT2D eigenvalue weighted by molar-refractivity contribution is 6.01. The molecule has 0 aromatic heterocycles. The molecule has 1 heterocycles. The summed E-state index contributed by atoms with van der Waals surface area (Å²) in [7, 11) is 0. The van der Waals surface area contributed by atoms with Crippen LogP contribution in [0.15, 0.2) is 54.6 Å². The van der Waals surface area contributed by atoms with Gasteiger partial charge in [0.2, 0.25) is 0 Å². The molecule has 0 saturated carbocycles. The lowest BCUT2D eigenvalue weighted by Crippen LogP contribution is -2.34. The number of amides is 2. The molecule has 0 bridgehead atoms. The van der Waals surface area contributed by atoms with Gasteiger partial charge in [0.1, 0.15) is 0 Å². The molecule has 4 heteroatoms. The third kappa shape index (κ3) is 4.32. The van der Waals surface area contributed by atoms with Gasteiger partial charge in [0.05, 0.1) is 0 Å². The fourth-order valence-corrected chi connectivity index (χ4v) is 3.26. The quantitative estimate of drug-likeness (QED) is 0.854. The fraction of sp³-hybridized carbons (Fsp3) is 0.381. The van der Waals surface area contributed by atoms with Crippen LogP contribution in [-0.2, 0) is 0 Å². The maximum Gasteiger partial charge on any atom is 0.326 e. The Bertz CT molecular complexity index is 676. The van der Waals surface area contributed by atoms with Crippen molar-refractivity contribution in [3.8, 4) is 0 Å². The summed E-state index contributed by atoms with van der Waals surface area (Å²) in [5.74, 6) is 0.827. The minimum Gasteiger partial charge on any atom is -0.372 e. The molecule has 4 nitrogen and oxygen atoms in total. The Labute approximate surface area is 150 Å². The van der Waals surface area contributed by atoms with E-state index in [-0.39, 0.29) is 6.03 Å². The zero-order chi connectivity index (χ0) is 17.6. The van der Waals surface area contributed by atoms with Crippen LogP contribution in [0.2, 0.25) is 0 Å². The Morgan fingerprint density at radius 1 is 1.08 bits per heavy atom. The molecule has 1 fully saturated rings. The van der Waals surface area contributed by atoms with Crippen LogP contribution in [-0.4, -0.2) is 25.7 Å². The number of benzene rings is 2. The Morgan fingerprint density at radius 3 is 2.32 bits per heavy atom. The number of hydrogen-bond acceptors (Lipinski definition) is 2. The fourth-order valence-electron chi connectivity index (χ4n) is 3.26. The lowest BCUT2D eigenvalue weighted by atomic mass is 9.99. The van der Waals surface area contributed by atoms with E-state index in [1.165, 1.54) is 18.5 Å². The maximum atomic E-state index is 12.6. The molecule has 2 aromatic carbocycles. The number of piperidine rings is 1. The minimum atomic E-state index is -0.103. The van der Waals surface area contributed by atoms with Crippen molar-refractivity contribution in [1.29, 1.82) is 0 Å². The van der Waals surface area contributed by atoms with Crippen molar-refractivity contribution < 1.29 is 4.79 Å². The third-order valence-corrected chi connectivity index (χ3v) is 4.90. The molecule has 25 heavy (non-hydrogen) atoms. The molecule has 0 spiro atoms. The minimum absolute atomic E-state index is 0.103. The third-order valence-electron chi connectivity index (χ3n) is 4.90. The van der Waals surface area contributed by atoms with Crippen molar-refractivity contribution in [2.24, 2.45) is 5.92 Å². The van der Waals surface area contributed by atoms with E-state index in [4.69, 9.17) is 0 Å². The lowest BCUT2D eigenvalue weighted by Gasteiger charge is -2.32. The van der Waals surface area contributed by atoms with E-state index >= 15 is 0 Å². The van der Waals surface area contributed by atoms with Crippen LogP contribution < -0.4 is 15.1 Å². The predicted molar refractivity (Wildman–Crippen MR) is 106 cm³/mol. The van der Waals surface area contributed by atoms with E-state index in [2.05, 4.69) is 29.3 Å². The molecule has 0 atom stereocenters. The molecule has 1 saturated heterocycles. The van der Waals surface area contributed by atoms with Crippen molar-refractivity contribution in [2.75, 3.05) is 34.8 Å². The number of carbonyl (C=O) groups excluding carboxylic acids is 1. The van der Waals surface area contributed by atoms with Gasteiger partial charge in [0.25, 0.3) is 0 Å². The average Bonchev–Trinajstić information content (AvgIpc) is 2.65. The first-order chi connectivity index (χ1) is 12.2. The number of nitrogens with one attached hydrogen (secondary N) is 1. The van der Waals surface area contributed by atoms with Crippen LogP contribution in [0.5, 0.6) is 0 Å². The van der Waals surface area contributed by atoms with Crippen molar-refractivity contribution in [2.45, 2.75) is 26.7 Å². The second-order valence-corrected chi connectivity index (χ2v) is 6.73. The van der Waals surface area contributed by atoms with Gasteiger partial charge in [0, 0.05) is 36.7 Å². The number of carbonyl (C=O) groups is 1. The largest absolute Gasteiger partial charge is 0.372 e. The van der Waals surface area contributed by atoms with Gasteiger partial charge < -0.3 is 10.2 Å². The smallest absolute Gasteiger partial charge is 0.326 e. The van der Waals surface area contributed by atoms with Gasteiger partial charge in [-0.3, -0.25) is 4.90 Å². The van der Waals surface area contributed by atoms with Crippen LogP contribution >= 0.6 is 0 Å². The molecule has 132 valence electrons. The van der Waals surface area contributed by atoms with Crippen LogP contribution in [0.1, 0.15) is 26.7 Å². The molecule has 0 unspecified atom stereocenters. The van der Waals surface area contributed by atoms with Crippen LogP contribution in [0.4, 0.5) is 21.9 Å². The van der Waals surface area contributed by atoms with Crippen molar-refractivity contribution >= 4 is 23.1 Å². The highest BCUT2D eigenvalue weighted by Crippen LogP contribution is 2.24. The predicted octanol–water partition coefficient (Wildman–Crippen LogP) is 4.98. The second kappa shape index (κ2) is 8.06. The molecule has 1 N–H and O–H groups in total. The van der Waals surface area contributed by atoms with Gasteiger partial charge >= 0.3 is 6.03 Å². The second-order valence-electron chi connectivity index (χ2n) is 6.73. The number of rotatable bonds is 4. The summed E-state index contributed by atoms with van der Waals surface area (Å²) in [5, 5.41) is 3.00. The number of hydrogen-bond donors (Lipinski definition) is 1. The van der Waals surface area contributed by atoms with Crippen LogP contribution in [0.25, 0.3) is 0 Å². The van der Waals surface area contributed by atoms with E-state index in [0.29, 0.717) is 6.54 Å². The Morgan fingerprint density at radius 2 is 1.72 bits per heavy atom. The Balaban J connectivity index is 1.63. The van der Waals surface area contributed by atoms with Crippen molar-refractivity contribution in [1.82, 2.24) is 0 Å². The molecular weight excluding hydrogens is 310 g/mol. The summed E-state index contributed by atoms with van der Waals surface area (Å²) < 4.78 is 0. The molecule has 2 aromatic rings. The summed E-state index contributed by atoms with van der Waals surface area (Å²) >= 11 is 0. The molecule has 2 amide bonds. The standard InChI is InChI=1S/C21H27N3O/c1-3-24(20-7-5-4-6-8-20)21(25)22-18-9-11-19(12-10-18)23-15-13-17(2)14-16-23/h4-12,17H,3,13-16H2,1-2H3,(H,22,25). The van der Waals surface area contributed by atoms with E-state index in [1.807, 2.05) is 49.4 Å². The van der Waals surface area contributed by atoms with Gasteiger partial charge in [-0.2, -0.15) is 0 Å². The zero-order valence-electron chi connectivity index (χ0n) is 15.1. The van der Waals surface area contributed by atoms with E-state index in [0.717, 1.165) is 30.4 Å². The SMILES string of the molecule is CCN(C(=O)Nc1ccc(N2CCC(C)CC2)cc1)c1ccccc1. The number of urea groups is 1. The number of para-hydroxylation sites is 1. The van der Waals surface area contributed by atoms with Crippen molar-refractivity contribution in [3.05, 3.63) is 54.6 Å². The average molecular weight is 337 g/mol. The lowest BCUT2D eigenvalue weighted by molar-refractivity contribution is 0.257. The van der Waals surface area contributed by atoms with Gasteiger partial charge in [-0.15, -0.1) is 0 Å². The number of anilines is 3. The topological polar surface area (TPSA) is 35.6 Å². The van der Waals surface area contributed by atoms with Gasteiger partial charge in [-0.25, -0.2) is 4.79 Å². The molecule has 1 aliphatic rings. The first-order valence-corrected chi connectivity index (χ1v) is 9.16. The molecule has 0 radical (unpaired) electrons. The van der Waals surface area contributed by atoms with Gasteiger partial charge in [-0.05, 0) is 62.1 Å². The van der Waals surface area contributed by atoms with Gasteiger partial charge in [0.15, 0.2) is 0 Å². The summed E-state index contributed by atoms with van der Waals surface area (Å²) in [6.45, 7) is 7.16. The molecular formula is C21H27N3O. The molecule has 0 aliphatic carbocycles. The Kier molecular flexibility index (Phi) is 5.59. The van der Waals surface area contributed by atoms with E-state index in [1.54, 1.807) is 4.90 Å². The summed E-state index contributed by atoms with van der Waals surface area (Å²) in [6, 6.07) is 17.8. The van der Waals surface area contributed by atoms with E-state index < -0.39 is 0 Å². The summed E-state index contributed by atoms with van der Waals surface area (Å²) in [5.41, 5.74) is 2.97. The first kappa shape index (κ1) is 17.3. The first-order valence-electron chi connectivity index (χ1n) is 9.16. The molecule has 3 rings (SSSR count). The maximum absolute atomic E-state index is 12.6. The van der Waals surface area contributed by atoms with Crippen LogP contribution in [0.3, 0.4) is 0 Å². The van der Waals surface area contributed by atoms with Crippen LogP contribution in [0, 0.1) is 5.92 Å². The summed E-state index contributed by atoms with van der Waals surface area (Å²) in [6.07, 6.45) is 2.50. The normalized spacial score (nSPS) is 15.0. The highest BCUT2D eigenvalue weighted by atomic mass is 16.2. The summed E-state index contributed by atoms with van der Waals surface area (Å²) in [4.78, 5) is 16.7. The van der Waals surface area contributed by atoms with Gasteiger partial charge in [-0.1, -0.05) is 25.1 Å². The zero-order valence-corrected chi connectivity index (χ0v) is 15.1.